The zero-order valence-corrected chi connectivity index (χ0v) is 17.4. The molecule has 6 nitrogen and oxygen atoms in total. The van der Waals surface area contributed by atoms with Gasteiger partial charge in [-0.15, -0.1) is 0 Å². The van der Waals surface area contributed by atoms with Crippen LogP contribution < -0.4 is 10.1 Å². The van der Waals surface area contributed by atoms with Crippen molar-refractivity contribution in [3.8, 4) is 5.75 Å². The molecule has 2 aromatic rings. The first kappa shape index (κ1) is 19.8. The van der Waals surface area contributed by atoms with Crippen molar-refractivity contribution in [1.29, 1.82) is 0 Å². The molecular formula is C23H30N4O2. The van der Waals surface area contributed by atoms with Crippen LogP contribution >= 0.6 is 0 Å². The van der Waals surface area contributed by atoms with Crippen LogP contribution in [0.5, 0.6) is 5.75 Å². The molecule has 0 bridgehead atoms. The number of carbonyl (C=O) groups excluding carboxylic acids is 1. The Morgan fingerprint density at radius 2 is 2.21 bits per heavy atom. The molecule has 3 heterocycles. The Morgan fingerprint density at radius 3 is 3.00 bits per heavy atom. The van der Waals surface area contributed by atoms with Crippen LogP contribution in [0.1, 0.15) is 61.2 Å². The van der Waals surface area contributed by atoms with E-state index in [1.54, 1.807) is 0 Å². The highest BCUT2D eigenvalue weighted by atomic mass is 16.5. The van der Waals surface area contributed by atoms with Crippen molar-refractivity contribution in [1.82, 2.24) is 20.2 Å². The van der Waals surface area contributed by atoms with Gasteiger partial charge in [0, 0.05) is 43.7 Å². The monoisotopic (exact) mass is 394 g/mol. The molecule has 1 aromatic carbocycles. The van der Waals surface area contributed by atoms with E-state index in [1.807, 2.05) is 29.3 Å². The minimum atomic E-state index is 0.00904. The summed E-state index contributed by atoms with van der Waals surface area (Å²) in [6, 6.07) is 7.94. The number of nitrogens with one attached hydrogen (secondary N) is 1. The van der Waals surface area contributed by atoms with E-state index in [2.05, 4.69) is 30.2 Å². The van der Waals surface area contributed by atoms with Gasteiger partial charge in [-0.3, -0.25) is 4.79 Å². The van der Waals surface area contributed by atoms with E-state index >= 15 is 0 Å². The van der Waals surface area contributed by atoms with E-state index in [0.717, 1.165) is 54.3 Å². The average Bonchev–Trinajstić information content (AvgIpc) is 2.77. The number of piperidine rings is 1. The van der Waals surface area contributed by atoms with Crippen molar-refractivity contribution in [2.75, 3.05) is 26.2 Å². The minimum Gasteiger partial charge on any atom is -0.483 e. The van der Waals surface area contributed by atoms with Gasteiger partial charge >= 0.3 is 0 Å². The van der Waals surface area contributed by atoms with Crippen LogP contribution in [0.4, 0.5) is 0 Å². The van der Waals surface area contributed by atoms with E-state index in [4.69, 9.17) is 9.72 Å². The molecule has 1 unspecified atom stereocenters. The zero-order valence-electron chi connectivity index (χ0n) is 17.4. The molecule has 2 aliphatic heterocycles. The molecule has 1 amide bonds. The summed E-state index contributed by atoms with van der Waals surface area (Å²) in [4.78, 5) is 24.0. The van der Waals surface area contributed by atoms with Gasteiger partial charge in [0.1, 0.15) is 11.6 Å². The third kappa shape index (κ3) is 4.58. The van der Waals surface area contributed by atoms with Gasteiger partial charge in [-0.05, 0) is 36.9 Å². The zero-order chi connectivity index (χ0) is 20.2. The highest BCUT2D eigenvalue weighted by molar-refractivity contribution is 5.78. The Kier molecular flexibility index (Phi) is 6.09. The first-order chi connectivity index (χ1) is 14.1. The summed E-state index contributed by atoms with van der Waals surface area (Å²) in [6.07, 6.45) is 5.01. The van der Waals surface area contributed by atoms with E-state index in [0.29, 0.717) is 24.9 Å². The molecule has 154 valence electrons. The number of para-hydroxylation sites is 1. The van der Waals surface area contributed by atoms with Crippen LogP contribution in [0.25, 0.3) is 0 Å². The van der Waals surface area contributed by atoms with Crippen molar-refractivity contribution >= 4 is 5.91 Å². The number of aromatic nitrogens is 2. The van der Waals surface area contributed by atoms with Gasteiger partial charge < -0.3 is 15.0 Å². The molecule has 1 fully saturated rings. The van der Waals surface area contributed by atoms with Gasteiger partial charge in [-0.2, -0.15) is 0 Å². The lowest BCUT2D eigenvalue weighted by atomic mass is 9.98. The largest absolute Gasteiger partial charge is 0.483 e. The molecule has 0 radical (unpaired) electrons. The lowest BCUT2D eigenvalue weighted by molar-refractivity contribution is -0.134. The quantitative estimate of drug-likeness (QED) is 0.844. The molecule has 1 aromatic heterocycles. The van der Waals surface area contributed by atoms with Crippen LogP contribution in [-0.2, 0) is 17.8 Å². The molecule has 1 atom stereocenters. The Labute approximate surface area is 172 Å². The van der Waals surface area contributed by atoms with Crippen LogP contribution in [-0.4, -0.2) is 47.0 Å². The molecule has 6 heteroatoms. The van der Waals surface area contributed by atoms with Gasteiger partial charge in [-0.1, -0.05) is 32.0 Å². The summed E-state index contributed by atoms with van der Waals surface area (Å²) in [7, 11) is 0. The van der Waals surface area contributed by atoms with Crippen molar-refractivity contribution in [2.24, 2.45) is 0 Å². The summed E-state index contributed by atoms with van der Waals surface area (Å²) in [5.41, 5.74) is 3.28. The number of hydrogen-bond donors (Lipinski definition) is 1. The molecule has 0 aliphatic carbocycles. The molecule has 1 N–H and O–H groups in total. The standard InChI is InChI=1S/C23H30N4O2/c1-16(2)19-7-3-4-8-21(19)29-15-22(28)27-11-9-20-18(14-27)13-25-23(26-20)17-6-5-10-24-12-17/h3-4,7-8,13,16-17,24H,5-6,9-12,14-15H2,1-2H3. The van der Waals surface area contributed by atoms with E-state index in [-0.39, 0.29) is 12.5 Å². The highest BCUT2D eigenvalue weighted by Gasteiger charge is 2.25. The van der Waals surface area contributed by atoms with Crippen molar-refractivity contribution in [2.45, 2.75) is 51.5 Å². The van der Waals surface area contributed by atoms with Crippen molar-refractivity contribution in [3.05, 3.63) is 53.1 Å². The summed E-state index contributed by atoms with van der Waals surface area (Å²) in [5.74, 6) is 2.51. The summed E-state index contributed by atoms with van der Waals surface area (Å²) in [6.45, 7) is 7.60. The molecule has 0 saturated carbocycles. The predicted octanol–water partition coefficient (Wildman–Crippen LogP) is 3.03. The second-order valence-corrected chi connectivity index (χ2v) is 8.29. The second kappa shape index (κ2) is 8.91. The van der Waals surface area contributed by atoms with E-state index in [9.17, 15) is 4.79 Å². The minimum absolute atomic E-state index is 0.00904. The van der Waals surface area contributed by atoms with E-state index < -0.39 is 0 Å². The fourth-order valence-corrected chi connectivity index (χ4v) is 4.13. The van der Waals surface area contributed by atoms with Crippen LogP contribution in [0.3, 0.4) is 0 Å². The van der Waals surface area contributed by atoms with Crippen LogP contribution in [0.2, 0.25) is 0 Å². The van der Waals surface area contributed by atoms with Gasteiger partial charge in [0.2, 0.25) is 0 Å². The predicted molar refractivity (Wildman–Crippen MR) is 112 cm³/mol. The summed E-state index contributed by atoms with van der Waals surface area (Å²) >= 11 is 0. The Bertz CT molecular complexity index is 862. The van der Waals surface area contributed by atoms with E-state index in [1.165, 1.54) is 6.42 Å². The number of benzene rings is 1. The van der Waals surface area contributed by atoms with Crippen molar-refractivity contribution < 1.29 is 9.53 Å². The number of rotatable bonds is 5. The summed E-state index contributed by atoms with van der Waals surface area (Å²) < 4.78 is 5.87. The van der Waals surface area contributed by atoms with Crippen LogP contribution in [0.15, 0.2) is 30.5 Å². The Morgan fingerprint density at radius 1 is 1.34 bits per heavy atom. The topological polar surface area (TPSA) is 67.3 Å². The molecule has 2 aliphatic rings. The average molecular weight is 395 g/mol. The molecular weight excluding hydrogens is 364 g/mol. The van der Waals surface area contributed by atoms with Gasteiger partial charge in [0.05, 0.1) is 5.69 Å². The van der Waals surface area contributed by atoms with Gasteiger partial charge in [0.15, 0.2) is 6.61 Å². The Balaban J connectivity index is 1.37. The summed E-state index contributed by atoms with van der Waals surface area (Å²) in [5, 5.41) is 3.43. The fourth-order valence-electron chi connectivity index (χ4n) is 4.13. The number of ether oxygens (including phenoxy) is 1. The smallest absolute Gasteiger partial charge is 0.260 e. The lowest BCUT2D eigenvalue weighted by Crippen LogP contribution is -2.39. The fraction of sp³-hybridized carbons (Fsp3) is 0.522. The lowest BCUT2D eigenvalue weighted by Gasteiger charge is -2.29. The highest BCUT2D eigenvalue weighted by Crippen LogP contribution is 2.26. The number of amides is 1. The maximum atomic E-state index is 12.7. The third-order valence-electron chi connectivity index (χ3n) is 5.86. The number of fused-ring (bicyclic) bond motifs is 1. The first-order valence-corrected chi connectivity index (χ1v) is 10.7. The normalized spacial score (nSPS) is 19.1. The van der Waals surface area contributed by atoms with Crippen molar-refractivity contribution in [3.63, 3.8) is 0 Å². The third-order valence-corrected chi connectivity index (χ3v) is 5.86. The molecule has 1 saturated heterocycles. The number of carbonyl (C=O) groups is 1. The Hall–Kier alpha value is -2.47. The number of nitrogens with zero attached hydrogens (tertiary/aromatic N) is 3. The second-order valence-electron chi connectivity index (χ2n) is 8.29. The molecule has 29 heavy (non-hydrogen) atoms. The maximum Gasteiger partial charge on any atom is 0.260 e. The number of hydrogen-bond acceptors (Lipinski definition) is 5. The molecule has 0 spiro atoms. The SMILES string of the molecule is CC(C)c1ccccc1OCC(=O)N1CCc2nc(C3CCCNC3)ncc2C1. The maximum absolute atomic E-state index is 12.7. The molecule has 4 rings (SSSR count). The van der Waals surface area contributed by atoms with Gasteiger partial charge in [0.25, 0.3) is 5.91 Å². The van der Waals surface area contributed by atoms with Crippen LogP contribution in [0, 0.1) is 0 Å². The first-order valence-electron chi connectivity index (χ1n) is 10.7. The van der Waals surface area contributed by atoms with Gasteiger partial charge in [-0.25, -0.2) is 9.97 Å².